The molecule has 7 nitrogen and oxygen atoms in total. The molecule has 2 aromatic carbocycles. The predicted octanol–water partition coefficient (Wildman–Crippen LogP) is 4.76. The van der Waals surface area contributed by atoms with E-state index in [1.807, 2.05) is 86.6 Å². The smallest absolute Gasteiger partial charge is 0.242 e. The van der Waals surface area contributed by atoms with Crippen LogP contribution in [0.15, 0.2) is 77.8 Å². The number of rotatable bonds is 7. The number of anilines is 1. The summed E-state index contributed by atoms with van der Waals surface area (Å²) in [5.41, 5.74) is 3.48. The Morgan fingerprint density at radius 1 is 1.00 bits per heavy atom. The van der Waals surface area contributed by atoms with Crippen molar-refractivity contribution in [2.24, 2.45) is 0 Å². The molecule has 162 valence electrons. The van der Waals surface area contributed by atoms with E-state index in [-0.39, 0.29) is 5.91 Å². The van der Waals surface area contributed by atoms with Crippen molar-refractivity contribution < 1.29 is 9.53 Å². The van der Waals surface area contributed by atoms with Crippen LogP contribution >= 0.6 is 11.8 Å². The van der Waals surface area contributed by atoms with Gasteiger partial charge >= 0.3 is 0 Å². The summed E-state index contributed by atoms with van der Waals surface area (Å²) in [6.45, 7) is 3.91. The first-order valence-electron chi connectivity index (χ1n) is 10.1. The minimum absolute atomic E-state index is 0.143. The maximum Gasteiger partial charge on any atom is 0.242 e. The molecule has 32 heavy (non-hydrogen) atoms. The summed E-state index contributed by atoms with van der Waals surface area (Å²) in [6.07, 6.45) is 0. The number of thioether (sulfide) groups is 1. The zero-order valence-corrected chi connectivity index (χ0v) is 18.8. The van der Waals surface area contributed by atoms with Crippen molar-refractivity contribution in [3.63, 3.8) is 0 Å². The van der Waals surface area contributed by atoms with Gasteiger partial charge in [0.25, 0.3) is 0 Å². The van der Waals surface area contributed by atoms with Gasteiger partial charge in [0, 0.05) is 11.4 Å². The lowest BCUT2D eigenvalue weighted by Crippen LogP contribution is -2.19. The van der Waals surface area contributed by atoms with Crippen LogP contribution in [0.2, 0.25) is 0 Å². The third-order valence-corrected chi connectivity index (χ3v) is 5.97. The van der Waals surface area contributed by atoms with E-state index in [2.05, 4.69) is 20.6 Å². The molecule has 2 aromatic heterocycles. The van der Waals surface area contributed by atoms with E-state index >= 15 is 0 Å². The quantitative estimate of drug-likeness (QED) is 0.413. The van der Waals surface area contributed by atoms with Gasteiger partial charge in [0.15, 0.2) is 5.82 Å². The number of nitrogens with zero attached hydrogens (tertiary/aromatic N) is 4. The Bertz CT molecular complexity index is 1190. The molecule has 0 aliphatic heterocycles. The van der Waals surface area contributed by atoms with Crippen molar-refractivity contribution in [1.29, 1.82) is 0 Å². The maximum absolute atomic E-state index is 13.2. The number of aromatic nitrogens is 4. The Labute approximate surface area is 190 Å². The number of hydrogen-bond acceptors (Lipinski definition) is 6. The number of aryl methyl sites for hydroxylation is 2. The molecule has 0 fully saturated rings. The molecule has 4 aromatic rings. The zero-order chi connectivity index (χ0) is 22.5. The maximum atomic E-state index is 13.2. The number of methoxy groups -OCH3 is 1. The molecule has 0 aliphatic rings. The van der Waals surface area contributed by atoms with Crippen LogP contribution in [0, 0.1) is 13.8 Å². The number of carbonyl (C=O) groups is 1. The van der Waals surface area contributed by atoms with Crippen LogP contribution in [0.1, 0.15) is 22.2 Å². The van der Waals surface area contributed by atoms with Gasteiger partial charge in [-0.15, -0.1) is 10.2 Å². The van der Waals surface area contributed by atoms with Crippen LogP contribution in [-0.2, 0) is 4.79 Å². The van der Waals surface area contributed by atoms with Crippen LogP contribution in [-0.4, -0.2) is 33.0 Å². The number of carbonyl (C=O) groups excluding carboxylic acids is 1. The molecule has 8 heteroatoms. The lowest BCUT2D eigenvalue weighted by atomic mass is 10.1. The lowest BCUT2D eigenvalue weighted by Gasteiger charge is -2.17. The van der Waals surface area contributed by atoms with Crippen molar-refractivity contribution in [3.8, 4) is 11.6 Å². The molecule has 0 unspecified atom stereocenters. The molecular formula is C24H23N5O2S. The summed E-state index contributed by atoms with van der Waals surface area (Å²) in [7, 11) is 1.61. The van der Waals surface area contributed by atoms with Crippen molar-refractivity contribution in [3.05, 3.63) is 89.7 Å². The molecule has 0 saturated carbocycles. The van der Waals surface area contributed by atoms with Crippen LogP contribution in [0.3, 0.4) is 0 Å². The first kappa shape index (κ1) is 21.6. The van der Waals surface area contributed by atoms with Gasteiger partial charge in [0.2, 0.25) is 5.91 Å². The third kappa shape index (κ3) is 4.97. The fourth-order valence-corrected chi connectivity index (χ4v) is 4.19. The molecule has 0 radical (unpaired) electrons. The highest BCUT2D eigenvalue weighted by Crippen LogP contribution is 2.35. The number of hydrogen-bond donors (Lipinski definition) is 1. The summed E-state index contributed by atoms with van der Waals surface area (Å²) in [4.78, 5) is 13.2. The number of ether oxygens (including phenoxy) is 1. The Hall–Kier alpha value is -3.65. The number of benzene rings is 2. The topological polar surface area (TPSA) is 81.9 Å². The zero-order valence-electron chi connectivity index (χ0n) is 18.0. The van der Waals surface area contributed by atoms with Gasteiger partial charge in [-0.1, -0.05) is 42.1 Å². The largest absolute Gasteiger partial charge is 0.497 e. The molecule has 0 aliphatic carbocycles. The van der Waals surface area contributed by atoms with Crippen molar-refractivity contribution >= 4 is 23.4 Å². The van der Waals surface area contributed by atoms with Gasteiger partial charge in [-0.25, -0.2) is 4.68 Å². The summed E-state index contributed by atoms with van der Waals surface area (Å²) >= 11 is 1.35. The highest BCUT2D eigenvalue weighted by molar-refractivity contribution is 8.00. The summed E-state index contributed by atoms with van der Waals surface area (Å²) in [5, 5.41) is 16.2. The van der Waals surface area contributed by atoms with Gasteiger partial charge < -0.3 is 10.1 Å². The molecule has 0 bridgehead atoms. The second-order valence-corrected chi connectivity index (χ2v) is 8.32. The summed E-state index contributed by atoms with van der Waals surface area (Å²) < 4.78 is 6.93. The molecule has 1 N–H and O–H groups in total. The second-order valence-electron chi connectivity index (χ2n) is 7.20. The van der Waals surface area contributed by atoms with E-state index in [4.69, 9.17) is 4.74 Å². The van der Waals surface area contributed by atoms with Crippen LogP contribution < -0.4 is 10.1 Å². The van der Waals surface area contributed by atoms with E-state index in [0.29, 0.717) is 16.5 Å². The van der Waals surface area contributed by atoms with Gasteiger partial charge in [-0.3, -0.25) is 4.79 Å². The molecular weight excluding hydrogens is 422 g/mol. The van der Waals surface area contributed by atoms with E-state index in [1.54, 1.807) is 11.8 Å². The van der Waals surface area contributed by atoms with Crippen molar-refractivity contribution in [2.45, 2.75) is 24.1 Å². The SMILES string of the molecule is COc1ccc(NC(=O)[C@H](Sc2ccc(-n3nc(C)cc3C)nn2)c2ccccc2)cc1. The van der Waals surface area contributed by atoms with Gasteiger partial charge in [-0.2, -0.15) is 5.10 Å². The first-order chi connectivity index (χ1) is 15.5. The van der Waals surface area contributed by atoms with Crippen molar-refractivity contribution in [1.82, 2.24) is 20.0 Å². The van der Waals surface area contributed by atoms with Gasteiger partial charge in [0.1, 0.15) is 16.0 Å². The Morgan fingerprint density at radius 2 is 1.75 bits per heavy atom. The standard InChI is InChI=1S/C24H23N5O2S/c1-16-15-17(2)29(28-16)21-13-14-22(27-26-21)32-23(18-7-5-4-6-8-18)24(30)25-19-9-11-20(31-3)12-10-19/h4-15,23H,1-3H3,(H,25,30)/t23-/m1/s1. The van der Waals surface area contributed by atoms with E-state index in [1.165, 1.54) is 11.8 Å². The summed E-state index contributed by atoms with van der Waals surface area (Å²) in [6, 6.07) is 22.6. The molecule has 0 saturated heterocycles. The molecule has 4 rings (SSSR count). The molecule has 0 spiro atoms. The Morgan fingerprint density at radius 3 is 2.34 bits per heavy atom. The van der Waals surface area contributed by atoms with E-state index in [0.717, 1.165) is 22.7 Å². The van der Waals surface area contributed by atoms with Crippen molar-refractivity contribution in [2.75, 3.05) is 12.4 Å². The normalized spacial score (nSPS) is 11.7. The highest BCUT2D eigenvalue weighted by atomic mass is 32.2. The van der Waals surface area contributed by atoms with Crippen LogP contribution in [0.5, 0.6) is 5.75 Å². The Kier molecular flexibility index (Phi) is 6.51. The fourth-order valence-electron chi connectivity index (χ4n) is 3.25. The third-order valence-electron chi connectivity index (χ3n) is 4.79. The minimum atomic E-state index is -0.493. The molecule has 1 amide bonds. The average molecular weight is 446 g/mol. The molecule has 1 atom stereocenters. The van der Waals surface area contributed by atoms with E-state index < -0.39 is 5.25 Å². The van der Waals surface area contributed by atoms with Gasteiger partial charge in [-0.05, 0) is 61.9 Å². The first-order valence-corrected chi connectivity index (χ1v) is 11.0. The fraction of sp³-hybridized carbons (Fsp3) is 0.167. The predicted molar refractivity (Wildman–Crippen MR) is 125 cm³/mol. The lowest BCUT2D eigenvalue weighted by molar-refractivity contribution is -0.115. The van der Waals surface area contributed by atoms with Crippen LogP contribution in [0.25, 0.3) is 5.82 Å². The van der Waals surface area contributed by atoms with Gasteiger partial charge in [0.05, 0.1) is 12.8 Å². The highest BCUT2D eigenvalue weighted by Gasteiger charge is 2.23. The molecule has 2 heterocycles. The second kappa shape index (κ2) is 9.65. The number of amides is 1. The summed E-state index contributed by atoms with van der Waals surface area (Å²) in [5.74, 6) is 1.23. The average Bonchev–Trinajstić information content (AvgIpc) is 3.16. The van der Waals surface area contributed by atoms with E-state index in [9.17, 15) is 4.79 Å². The minimum Gasteiger partial charge on any atom is -0.497 e. The number of nitrogens with one attached hydrogen (secondary N) is 1. The van der Waals surface area contributed by atoms with Crippen LogP contribution in [0.4, 0.5) is 5.69 Å². The Balaban J connectivity index is 1.55. The monoisotopic (exact) mass is 445 g/mol.